The molecule has 0 saturated carbocycles. The molecular formula is C52H31N3S. The van der Waals surface area contributed by atoms with E-state index in [2.05, 4.69) is 202 Å². The lowest BCUT2D eigenvalue weighted by atomic mass is 9.96. The highest BCUT2D eigenvalue weighted by Gasteiger charge is 2.24. The Morgan fingerprint density at radius 1 is 0.339 bits per heavy atom. The zero-order valence-electron chi connectivity index (χ0n) is 30.1. The van der Waals surface area contributed by atoms with Crippen molar-refractivity contribution in [1.82, 2.24) is 8.80 Å². The van der Waals surface area contributed by atoms with Gasteiger partial charge in [-0.05, 0) is 71.1 Å². The Morgan fingerprint density at radius 3 is 1.64 bits per heavy atom. The van der Waals surface area contributed by atoms with Crippen molar-refractivity contribution in [3.63, 3.8) is 0 Å². The first-order valence-electron chi connectivity index (χ1n) is 19.2. The summed E-state index contributed by atoms with van der Waals surface area (Å²) in [4.78, 5) is 2.48. The van der Waals surface area contributed by atoms with Crippen LogP contribution in [0.4, 0.5) is 17.1 Å². The number of anilines is 3. The van der Waals surface area contributed by atoms with Gasteiger partial charge in [0.25, 0.3) is 0 Å². The standard InChI is InChI=1S/C52H31N3S/c1-2-12-32(13-3-1)35-27-29-46(37-15-5-4-14-36(35)37)53(34-22-24-41-40-18-8-11-21-49(40)56-50(41)31-34)33-23-28-47-48(30-33)55-45-20-10-7-17-39(45)43-26-25-42-38-16-6-9-19-44(38)54(47)51(42)52(43)55/h1-31H. The highest BCUT2D eigenvalue weighted by molar-refractivity contribution is 7.25. The molecule has 13 rings (SSSR count). The van der Waals surface area contributed by atoms with Crippen molar-refractivity contribution in [2.75, 3.05) is 4.90 Å². The van der Waals surface area contributed by atoms with Gasteiger partial charge in [0.15, 0.2) is 0 Å². The molecule has 56 heavy (non-hydrogen) atoms. The third kappa shape index (κ3) is 4.01. The highest BCUT2D eigenvalue weighted by atomic mass is 32.1. The summed E-state index contributed by atoms with van der Waals surface area (Å²) in [5, 5.41) is 10.2. The van der Waals surface area contributed by atoms with E-state index >= 15 is 0 Å². The van der Waals surface area contributed by atoms with Crippen LogP contribution in [-0.4, -0.2) is 8.80 Å². The average molecular weight is 730 g/mol. The van der Waals surface area contributed by atoms with Crippen LogP contribution in [0.3, 0.4) is 0 Å². The predicted molar refractivity (Wildman–Crippen MR) is 240 cm³/mol. The van der Waals surface area contributed by atoms with E-state index in [-0.39, 0.29) is 0 Å². The summed E-state index contributed by atoms with van der Waals surface area (Å²) in [5.74, 6) is 0. The van der Waals surface area contributed by atoms with E-state index in [0.29, 0.717) is 0 Å². The van der Waals surface area contributed by atoms with Gasteiger partial charge in [0.2, 0.25) is 0 Å². The number of fused-ring (bicyclic) bond motifs is 13. The third-order valence-electron chi connectivity index (χ3n) is 12.0. The van der Waals surface area contributed by atoms with E-state index in [1.807, 2.05) is 11.3 Å². The number of hydrogen-bond donors (Lipinski definition) is 0. The Labute approximate surface area is 325 Å². The monoisotopic (exact) mass is 729 g/mol. The molecule has 0 unspecified atom stereocenters. The lowest BCUT2D eigenvalue weighted by Crippen LogP contribution is -2.11. The highest BCUT2D eigenvalue weighted by Crippen LogP contribution is 2.47. The third-order valence-corrected chi connectivity index (χ3v) is 13.1. The zero-order valence-corrected chi connectivity index (χ0v) is 31.0. The smallest absolute Gasteiger partial charge is 0.0789 e. The molecule has 0 N–H and O–H groups in total. The number of thiophene rings is 1. The Bertz CT molecular complexity index is 3720. The van der Waals surface area contributed by atoms with Gasteiger partial charge < -0.3 is 13.7 Å². The Kier molecular flexibility index (Phi) is 6.04. The molecule has 0 saturated heterocycles. The number of rotatable bonds is 4. The van der Waals surface area contributed by atoms with Gasteiger partial charge in [-0.2, -0.15) is 0 Å². The van der Waals surface area contributed by atoms with E-state index in [0.717, 1.165) is 17.1 Å². The van der Waals surface area contributed by atoms with Gasteiger partial charge in [-0.25, -0.2) is 0 Å². The van der Waals surface area contributed by atoms with Crippen LogP contribution in [0.15, 0.2) is 188 Å². The van der Waals surface area contributed by atoms with Crippen molar-refractivity contribution in [3.05, 3.63) is 188 Å². The van der Waals surface area contributed by atoms with Gasteiger partial charge in [0, 0.05) is 58.5 Å². The van der Waals surface area contributed by atoms with Crippen LogP contribution >= 0.6 is 11.3 Å². The van der Waals surface area contributed by atoms with Gasteiger partial charge in [0.05, 0.1) is 38.8 Å². The summed E-state index contributed by atoms with van der Waals surface area (Å²) in [6.45, 7) is 0. The fourth-order valence-corrected chi connectivity index (χ4v) is 10.8. The number of para-hydroxylation sites is 2. The van der Waals surface area contributed by atoms with Gasteiger partial charge in [0.1, 0.15) is 0 Å². The first-order chi connectivity index (χ1) is 27.8. The largest absolute Gasteiger partial charge is 0.310 e. The molecule has 0 amide bonds. The maximum atomic E-state index is 2.52. The lowest BCUT2D eigenvalue weighted by Gasteiger charge is -2.28. The summed E-state index contributed by atoms with van der Waals surface area (Å²) in [6.07, 6.45) is 0. The van der Waals surface area contributed by atoms with Gasteiger partial charge in [-0.3, -0.25) is 0 Å². The molecule has 260 valence electrons. The molecule has 0 radical (unpaired) electrons. The van der Waals surface area contributed by atoms with Gasteiger partial charge in [-0.1, -0.05) is 133 Å². The Morgan fingerprint density at radius 2 is 0.893 bits per heavy atom. The molecule has 0 bridgehead atoms. The normalized spacial score (nSPS) is 12.3. The number of benzene rings is 9. The minimum absolute atomic E-state index is 1.11. The van der Waals surface area contributed by atoms with Gasteiger partial charge >= 0.3 is 0 Å². The van der Waals surface area contributed by atoms with Crippen molar-refractivity contribution in [2.45, 2.75) is 0 Å². The van der Waals surface area contributed by atoms with Crippen LogP contribution in [0.2, 0.25) is 0 Å². The minimum atomic E-state index is 1.11. The molecular weight excluding hydrogens is 699 g/mol. The summed E-state index contributed by atoms with van der Waals surface area (Å²) in [6, 6.07) is 69.5. The topological polar surface area (TPSA) is 12.1 Å². The molecule has 0 aliphatic heterocycles. The number of hydrogen-bond acceptors (Lipinski definition) is 2. The molecule has 0 aliphatic carbocycles. The van der Waals surface area contributed by atoms with Crippen molar-refractivity contribution in [2.24, 2.45) is 0 Å². The van der Waals surface area contributed by atoms with Gasteiger partial charge in [-0.15, -0.1) is 11.3 Å². The number of nitrogens with zero attached hydrogens (tertiary/aromatic N) is 3. The molecule has 4 heteroatoms. The van der Waals surface area contributed by atoms with E-state index in [1.165, 1.54) is 96.7 Å². The number of aromatic nitrogens is 2. The summed E-state index contributed by atoms with van der Waals surface area (Å²) in [7, 11) is 0. The SMILES string of the molecule is c1ccc(-c2ccc(N(c3ccc4c(c3)sc3ccccc34)c3ccc4c(c3)n3c5ccccc5c5ccc6c7ccccc7n4c6c53)c3ccccc23)cc1. The Hall–Kier alpha value is -7.14. The van der Waals surface area contributed by atoms with E-state index in [1.54, 1.807) is 0 Å². The van der Waals surface area contributed by atoms with Crippen molar-refractivity contribution < 1.29 is 0 Å². The van der Waals surface area contributed by atoms with Crippen LogP contribution < -0.4 is 4.90 Å². The van der Waals surface area contributed by atoms with Crippen molar-refractivity contribution in [1.29, 1.82) is 0 Å². The molecule has 0 aliphatic rings. The van der Waals surface area contributed by atoms with Crippen LogP contribution in [0.25, 0.3) is 96.7 Å². The van der Waals surface area contributed by atoms with Crippen molar-refractivity contribution in [3.8, 4) is 11.1 Å². The average Bonchev–Trinajstić information content (AvgIpc) is 3.92. The van der Waals surface area contributed by atoms with Crippen LogP contribution in [0.5, 0.6) is 0 Å². The fourth-order valence-electron chi connectivity index (χ4n) is 9.65. The zero-order chi connectivity index (χ0) is 36.5. The predicted octanol–water partition coefficient (Wildman–Crippen LogP) is 14.9. The van der Waals surface area contributed by atoms with E-state index < -0.39 is 0 Å². The molecule has 4 heterocycles. The second-order valence-corrected chi connectivity index (χ2v) is 16.0. The maximum Gasteiger partial charge on any atom is 0.0789 e. The first-order valence-corrected chi connectivity index (χ1v) is 20.0. The summed E-state index contributed by atoms with van der Waals surface area (Å²) < 4.78 is 7.62. The molecule has 3 nitrogen and oxygen atoms in total. The summed E-state index contributed by atoms with van der Waals surface area (Å²) >= 11 is 1.87. The van der Waals surface area contributed by atoms with Crippen LogP contribution in [0.1, 0.15) is 0 Å². The molecule has 0 fully saturated rings. The summed E-state index contributed by atoms with van der Waals surface area (Å²) in [5.41, 5.74) is 13.2. The molecule has 4 aromatic heterocycles. The van der Waals surface area contributed by atoms with Crippen LogP contribution in [0, 0.1) is 0 Å². The van der Waals surface area contributed by atoms with Crippen molar-refractivity contribution >= 4 is 114 Å². The fraction of sp³-hybridized carbons (Fsp3) is 0. The molecule has 0 spiro atoms. The Balaban J connectivity index is 1.16. The molecule has 9 aromatic carbocycles. The van der Waals surface area contributed by atoms with E-state index in [4.69, 9.17) is 0 Å². The van der Waals surface area contributed by atoms with E-state index in [9.17, 15) is 0 Å². The quantitative estimate of drug-likeness (QED) is 0.164. The second kappa shape index (κ2) is 11.2. The minimum Gasteiger partial charge on any atom is -0.310 e. The molecule has 0 atom stereocenters. The molecule has 13 aromatic rings. The van der Waals surface area contributed by atoms with Crippen LogP contribution in [-0.2, 0) is 0 Å². The second-order valence-electron chi connectivity index (χ2n) is 14.9. The first kappa shape index (κ1) is 30.2. The lowest BCUT2D eigenvalue weighted by molar-refractivity contribution is 1.24. The maximum absolute atomic E-state index is 2.52.